The zero-order valence-electron chi connectivity index (χ0n) is 10.7. The molecule has 0 unspecified atom stereocenters. The van der Waals surface area contributed by atoms with E-state index < -0.39 is 5.91 Å². The van der Waals surface area contributed by atoms with E-state index in [9.17, 15) is 4.79 Å². The quantitative estimate of drug-likeness (QED) is 0.841. The first-order valence-electron chi connectivity index (χ1n) is 6.42. The van der Waals surface area contributed by atoms with E-state index in [2.05, 4.69) is 5.32 Å². The topological polar surface area (TPSA) is 64.3 Å². The predicted molar refractivity (Wildman–Crippen MR) is 72.0 cm³/mol. The Morgan fingerprint density at radius 1 is 1.44 bits per heavy atom. The minimum absolute atomic E-state index is 0.415. The van der Waals surface area contributed by atoms with E-state index in [1.165, 1.54) is 25.7 Å². The Labute approximate surface area is 108 Å². The molecular weight excluding hydrogens is 228 g/mol. The van der Waals surface area contributed by atoms with Crippen LogP contribution in [0.1, 0.15) is 36.0 Å². The summed E-state index contributed by atoms with van der Waals surface area (Å²) < 4.78 is 5.28. The van der Waals surface area contributed by atoms with Crippen molar-refractivity contribution in [2.24, 2.45) is 11.7 Å². The molecule has 1 amide bonds. The van der Waals surface area contributed by atoms with Crippen LogP contribution in [0.25, 0.3) is 0 Å². The molecule has 0 aliphatic heterocycles. The Bertz CT molecular complexity index is 426. The molecule has 0 radical (unpaired) electrons. The molecule has 0 aromatic heterocycles. The number of primary amides is 1. The number of hydrogen-bond donors (Lipinski definition) is 2. The average Bonchev–Trinajstić information content (AvgIpc) is 2.89. The van der Waals surface area contributed by atoms with Crippen molar-refractivity contribution in [1.29, 1.82) is 0 Å². The van der Waals surface area contributed by atoms with E-state index in [-0.39, 0.29) is 0 Å². The SMILES string of the molecule is COc1ccc(C(N)=O)cc1NCC1CCCC1. The maximum atomic E-state index is 11.2. The fraction of sp³-hybridized carbons (Fsp3) is 0.500. The summed E-state index contributed by atoms with van der Waals surface area (Å²) in [6, 6.07) is 5.22. The second-order valence-electron chi connectivity index (χ2n) is 4.81. The van der Waals surface area contributed by atoms with Crippen LogP contribution in [0.4, 0.5) is 5.69 Å². The van der Waals surface area contributed by atoms with Gasteiger partial charge in [0.2, 0.25) is 5.91 Å². The number of amides is 1. The lowest BCUT2D eigenvalue weighted by Crippen LogP contribution is -2.14. The predicted octanol–water partition coefficient (Wildman–Crippen LogP) is 2.40. The highest BCUT2D eigenvalue weighted by molar-refractivity contribution is 5.94. The molecule has 1 aliphatic rings. The van der Waals surface area contributed by atoms with Crippen LogP contribution < -0.4 is 15.8 Å². The van der Waals surface area contributed by atoms with Crippen molar-refractivity contribution < 1.29 is 9.53 Å². The molecule has 1 aromatic rings. The number of carbonyl (C=O) groups is 1. The van der Waals surface area contributed by atoms with Crippen LogP contribution in [0.2, 0.25) is 0 Å². The first-order valence-corrected chi connectivity index (χ1v) is 6.42. The van der Waals surface area contributed by atoms with Gasteiger partial charge in [-0.3, -0.25) is 4.79 Å². The van der Waals surface area contributed by atoms with E-state index in [0.29, 0.717) is 5.56 Å². The van der Waals surface area contributed by atoms with Gasteiger partial charge in [0.05, 0.1) is 12.8 Å². The van der Waals surface area contributed by atoms with Gasteiger partial charge in [-0.1, -0.05) is 12.8 Å². The van der Waals surface area contributed by atoms with E-state index >= 15 is 0 Å². The molecule has 0 spiro atoms. The van der Waals surface area contributed by atoms with Gasteiger partial charge < -0.3 is 15.8 Å². The number of nitrogens with one attached hydrogen (secondary N) is 1. The fourth-order valence-electron chi connectivity index (χ4n) is 2.47. The normalized spacial score (nSPS) is 15.6. The minimum Gasteiger partial charge on any atom is -0.495 e. The second kappa shape index (κ2) is 5.76. The molecular formula is C14H20N2O2. The summed E-state index contributed by atoms with van der Waals surface area (Å²) in [6.07, 6.45) is 5.21. The van der Waals surface area contributed by atoms with Crippen molar-refractivity contribution >= 4 is 11.6 Å². The van der Waals surface area contributed by atoms with Crippen molar-refractivity contribution in [1.82, 2.24) is 0 Å². The number of benzene rings is 1. The number of rotatable bonds is 5. The lowest BCUT2D eigenvalue weighted by atomic mass is 10.1. The van der Waals surface area contributed by atoms with Gasteiger partial charge in [0.1, 0.15) is 5.75 Å². The van der Waals surface area contributed by atoms with E-state index in [4.69, 9.17) is 10.5 Å². The summed E-state index contributed by atoms with van der Waals surface area (Å²) in [7, 11) is 1.63. The lowest BCUT2D eigenvalue weighted by molar-refractivity contribution is 0.100. The standard InChI is InChI=1S/C14H20N2O2/c1-18-13-7-6-11(14(15)17)8-12(13)16-9-10-4-2-3-5-10/h6-8,10,16H,2-5,9H2,1H3,(H2,15,17). The smallest absolute Gasteiger partial charge is 0.248 e. The summed E-state index contributed by atoms with van der Waals surface area (Å²) in [5.41, 5.74) is 6.64. The summed E-state index contributed by atoms with van der Waals surface area (Å²) in [4.78, 5) is 11.2. The number of methoxy groups -OCH3 is 1. The maximum Gasteiger partial charge on any atom is 0.248 e. The molecule has 0 atom stereocenters. The zero-order valence-corrected chi connectivity index (χ0v) is 10.7. The van der Waals surface area contributed by atoms with Crippen molar-refractivity contribution in [3.8, 4) is 5.75 Å². The van der Waals surface area contributed by atoms with Gasteiger partial charge >= 0.3 is 0 Å². The van der Waals surface area contributed by atoms with Crippen molar-refractivity contribution in [3.63, 3.8) is 0 Å². The summed E-state index contributed by atoms with van der Waals surface area (Å²) in [5.74, 6) is 1.06. The number of hydrogen-bond acceptors (Lipinski definition) is 3. The molecule has 0 heterocycles. The van der Waals surface area contributed by atoms with Crippen LogP contribution in [0, 0.1) is 5.92 Å². The third-order valence-electron chi connectivity index (χ3n) is 3.54. The van der Waals surface area contributed by atoms with Crippen LogP contribution >= 0.6 is 0 Å². The van der Waals surface area contributed by atoms with Gasteiger partial charge in [-0.05, 0) is 37.0 Å². The van der Waals surface area contributed by atoms with Gasteiger partial charge in [0, 0.05) is 12.1 Å². The maximum absolute atomic E-state index is 11.2. The number of nitrogens with two attached hydrogens (primary N) is 1. The molecule has 2 rings (SSSR count). The van der Waals surface area contributed by atoms with Crippen LogP contribution in [-0.4, -0.2) is 19.6 Å². The number of carbonyl (C=O) groups excluding carboxylic acids is 1. The van der Waals surface area contributed by atoms with Crippen molar-refractivity contribution in [2.75, 3.05) is 19.0 Å². The molecule has 1 saturated carbocycles. The molecule has 1 aliphatic carbocycles. The van der Waals surface area contributed by atoms with Gasteiger partial charge in [-0.2, -0.15) is 0 Å². The Kier molecular flexibility index (Phi) is 4.07. The Morgan fingerprint density at radius 3 is 2.78 bits per heavy atom. The molecule has 0 bridgehead atoms. The van der Waals surface area contributed by atoms with Gasteiger partial charge in [-0.25, -0.2) is 0 Å². The average molecular weight is 248 g/mol. The molecule has 18 heavy (non-hydrogen) atoms. The van der Waals surface area contributed by atoms with Gasteiger partial charge in [0.15, 0.2) is 0 Å². The van der Waals surface area contributed by atoms with Crippen molar-refractivity contribution in [2.45, 2.75) is 25.7 Å². The molecule has 98 valence electrons. The molecule has 0 saturated heterocycles. The Morgan fingerprint density at radius 2 is 2.17 bits per heavy atom. The first-order chi connectivity index (χ1) is 8.70. The molecule has 3 N–H and O–H groups in total. The second-order valence-corrected chi connectivity index (χ2v) is 4.81. The molecule has 1 aromatic carbocycles. The molecule has 4 heteroatoms. The summed E-state index contributed by atoms with van der Waals surface area (Å²) >= 11 is 0. The van der Waals surface area contributed by atoms with Gasteiger partial charge in [0.25, 0.3) is 0 Å². The van der Waals surface area contributed by atoms with Crippen LogP contribution in [0.5, 0.6) is 5.75 Å². The third kappa shape index (κ3) is 2.94. The Balaban J connectivity index is 2.08. The third-order valence-corrected chi connectivity index (χ3v) is 3.54. The number of ether oxygens (including phenoxy) is 1. The molecule has 1 fully saturated rings. The van der Waals surface area contributed by atoms with Crippen LogP contribution in [0.15, 0.2) is 18.2 Å². The van der Waals surface area contributed by atoms with E-state index in [1.807, 2.05) is 0 Å². The largest absolute Gasteiger partial charge is 0.495 e. The van der Waals surface area contributed by atoms with E-state index in [0.717, 1.165) is 23.9 Å². The van der Waals surface area contributed by atoms with Crippen LogP contribution in [-0.2, 0) is 0 Å². The number of anilines is 1. The fourth-order valence-corrected chi connectivity index (χ4v) is 2.47. The summed E-state index contributed by atoms with van der Waals surface area (Å²) in [6.45, 7) is 0.929. The molecule has 4 nitrogen and oxygen atoms in total. The van der Waals surface area contributed by atoms with Gasteiger partial charge in [-0.15, -0.1) is 0 Å². The Hall–Kier alpha value is -1.71. The minimum atomic E-state index is -0.415. The lowest BCUT2D eigenvalue weighted by Gasteiger charge is -2.15. The zero-order chi connectivity index (χ0) is 13.0. The first kappa shape index (κ1) is 12.7. The van der Waals surface area contributed by atoms with E-state index in [1.54, 1.807) is 25.3 Å². The highest BCUT2D eigenvalue weighted by Gasteiger charge is 2.15. The monoisotopic (exact) mass is 248 g/mol. The highest BCUT2D eigenvalue weighted by Crippen LogP contribution is 2.28. The van der Waals surface area contributed by atoms with Crippen molar-refractivity contribution in [3.05, 3.63) is 23.8 Å². The summed E-state index contributed by atoms with van der Waals surface area (Å²) in [5, 5.41) is 3.37. The highest BCUT2D eigenvalue weighted by atomic mass is 16.5. The van der Waals surface area contributed by atoms with Crippen LogP contribution in [0.3, 0.4) is 0 Å².